The van der Waals surface area contributed by atoms with Gasteiger partial charge in [0.05, 0.1) is 18.1 Å². The molecule has 0 spiro atoms. The highest BCUT2D eigenvalue weighted by atomic mass is 16.5. The van der Waals surface area contributed by atoms with E-state index in [-0.39, 0.29) is 29.9 Å². The van der Waals surface area contributed by atoms with Gasteiger partial charge in [0.25, 0.3) is 0 Å². The Labute approximate surface area is 121 Å². The Morgan fingerprint density at radius 1 is 1.25 bits per heavy atom. The standard InChI is InChI=1S/C15H26N2O3/c1-4-5-6-16-10-13(7-14(16)18)15(19)17-8-11(2)20-12(3)9-17/h11-13H,4-10H2,1-3H3/t11-,12-,13+/m1/s1. The van der Waals surface area contributed by atoms with Gasteiger partial charge >= 0.3 is 0 Å². The first-order chi connectivity index (χ1) is 9.51. The van der Waals surface area contributed by atoms with Gasteiger partial charge in [-0.2, -0.15) is 0 Å². The summed E-state index contributed by atoms with van der Waals surface area (Å²) in [6, 6.07) is 0. The number of hydrogen-bond donors (Lipinski definition) is 0. The number of likely N-dealkylation sites (tertiary alicyclic amines) is 1. The van der Waals surface area contributed by atoms with Crippen molar-refractivity contribution in [2.24, 2.45) is 5.92 Å². The Hall–Kier alpha value is -1.10. The van der Waals surface area contributed by atoms with Crippen LogP contribution in [0.5, 0.6) is 0 Å². The Balaban J connectivity index is 1.91. The second-order valence-corrected chi connectivity index (χ2v) is 6.09. The van der Waals surface area contributed by atoms with Gasteiger partial charge in [0.2, 0.25) is 11.8 Å². The largest absolute Gasteiger partial charge is 0.372 e. The third-order valence-electron chi connectivity index (χ3n) is 4.08. The molecular formula is C15H26N2O3. The number of carbonyl (C=O) groups excluding carboxylic acids is 2. The Morgan fingerprint density at radius 2 is 1.90 bits per heavy atom. The fourth-order valence-electron chi connectivity index (χ4n) is 3.12. The van der Waals surface area contributed by atoms with E-state index in [1.165, 1.54) is 0 Å². The lowest BCUT2D eigenvalue weighted by Crippen LogP contribution is -2.50. The Bertz CT molecular complexity index is 362. The van der Waals surface area contributed by atoms with Gasteiger partial charge in [-0.1, -0.05) is 13.3 Å². The van der Waals surface area contributed by atoms with Crippen LogP contribution in [-0.2, 0) is 14.3 Å². The summed E-state index contributed by atoms with van der Waals surface area (Å²) in [6.07, 6.45) is 2.62. The van der Waals surface area contributed by atoms with Crippen LogP contribution in [0.1, 0.15) is 40.0 Å². The molecule has 2 heterocycles. The summed E-state index contributed by atoms with van der Waals surface area (Å²) in [5.41, 5.74) is 0. The van der Waals surface area contributed by atoms with Crippen LogP contribution in [0.15, 0.2) is 0 Å². The summed E-state index contributed by atoms with van der Waals surface area (Å²) in [7, 11) is 0. The van der Waals surface area contributed by atoms with Crippen molar-refractivity contribution in [1.82, 2.24) is 9.80 Å². The van der Waals surface area contributed by atoms with E-state index in [2.05, 4.69) is 6.92 Å². The highest BCUT2D eigenvalue weighted by Crippen LogP contribution is 2.22. The molecule has 0 bridgehead atoms. The molecule has 0 unspecified atom stereocenters. The maximum atomic E-state index is 12.5. The SMILES string of the molecule is CCCCN1C[C@@H](C(=O)N2C[C@@H](C)O[C@H](C)C2)CC1=O. The van der Waals surface area contributed by atoms with E-state index in [4.69, 9.17) is 4.74 Å². The zero-order valence-electron chi connectivity index (χ0n) is 12.8. The lowest BCUT2D eigenvalue weighted by Gasteiger charge is -2.36. The Kier molecular flexibility index (Phi) is 5.02. The van der Waals surface area contributed by atoms with Crippen molar-refractivity contribution < 1.29 is 14.3 Å². The molecule has 20 heavy (non-hydrogen) atoms. The molecule has 0 aromatic carbocycles. The maximum Gasteiger partial charge on any atom is 0.228 e. The molecule has 2 amide bonds. The molecular weight excluding hydrogens is 256 g/mol. The Morgan fingerprint density at radius 3 is 2.50 bits per heavy atom. The lowest BCUT2D eigenvalue weighted by molar-refractivity contribution is -0.147. The molecule has 0 aliphatic carbocycles. The van der Waals surface area contributed by atoms with Crippen LogP contribution in [0.3, 0.4) is 0 Å². The van der Waals surface area contributed by atoms with Crippen molar-refractivity contribution in [3.8, 4) is 0 Å². The minimum Gasteiger partial charge on any atom is -0.372 e. The fourth-order valence-corrected chi connectivity index (χ4v) is 3.12. The number of morpholine rings is 1. The minimum atomic E-state index is -0.156. The number of hydrogen-bond acceptors (Lipinski definition) is 3. The summed E-state index contributed by atoms with van der Waals surface area (Å²) in [5, 5.41) is 0. The number of amides is 2. The molecule has 0 aromatic rings. The molecule has 2 aliphatic heterocycles. The van der Waals surface area contributed by atoms with Crippen LogP contribution < -0.4 is 0 Å². The van der Waals surface area contributed by atoms with Crippen LogP contribution in [0.4, 0.5) is 0 Å². The predicted molar refractivity (Wildman–Crippen MR) is 76.2 cm³/mol. The molecule has 5 heteroatoms. The van der Waals surface area contributed by atoms with Crippen LogP contribution in [0, 0.1) is 5.92 Å². The zero-order valence-corrected chi connectivity index (χ0v) is 12.8. The number of carbonyl (C=O) groups is 2. The summed E-state index contributed by atoms with van der Waals surface area (Å²) in [6.45, 7) is 8.75. The monoisotopic (exact) mass is 282 g/mol. The van der Waals surface area contributed by atoms with Crippen molar-refractivity contribution in [3.63, 3.8) is 0 Å². The molecule has 2 aliphatic rings. The zero-order chi connectivity index (χ0) is 14.7. The quantitative estimate of drug-likeness (QED) is 0.780. The van der Waals surface area contributed by atoms with Gasteiger partial charge in [0.15, 0.2) is 0 Å². The topological polar surface area (TPSA) is 49.9 Å². The number of unbranched alkanes of at least 4 members (excludes halogenated alkanes) is 1. The van der Waals surface area contributed by atoms with Crippen LogP contribution in [0.2, 0.25) is 0 Å². The van der Waals surface area contributed by atoms with Crippen molar-refractivity contribution in [1.29, 1.82) is 0 Å². The number of rotatable bonds is 4. The summed E-state index contributed by atoms with van der Waals surface area (Å²) >= 11 is 0. The van der Waals surface area contributed by atoms with Crippen LogP contribution in [-0.4, -0.2) is 60.0 Å². The molecule has 114 valence electrons. The van der Waals surface area contributed by atoms with Gasteiger partial charge in [-0.3, -0.25) is 9.59 Å². The maximum absolute atomic E-state index is 12.5. The average Bonchev–Trinajstić information content (AvgIpc) is 2.75. The van der Waals surface area contributed by atoms with E-state index in [0.717, 1.165) is 19.4 Å². The summed E-state index contributed by atoms with van der Waals surface area (Å²) in [4.78, 5) is 28.2. The highest BCUT2D eigenvalue weighted by Gasteiger charge is 2.37. The smallest absolute Gasteiger partial charge is 0.228 e. The molecule has 2 fully saturated rings. The number of ether oxygens (including phenoxy) is 1. The van der Waals surface area contributed by atoms with E-state index >= 15 is 0 Å². The number of nitrogens with zero attached hydrogens (tertiary/aromatic N) is 2. The van der Waals surface area contributed by atoms with Crippen molar-refractivity contribution in [3.05, 3.63) is 0 Å². The minimum absolute atomic E-state index is 0.0796. The fraction of sp³-hybridized carbons (Fsp3) is 0.867. The van der Waals surface area contributed by atoms with Gasteiger partial charge < -0.3 is 14.5 Å². The first-order valence-electron chi connectivity index (χ1n) is 7.73. The lowest BCUT2D eigenvalue weighted by atomic mass is 10.1. The van der Waals surface area contributed by atoms with Crippen LogP contribution in [0.25, 0.3) is 0 Å². The molecule has 2 saturated heterocycles. The summed E-state index contributed by atoms with van der Waals surface area (Å²) < 4.78 is 5.65. The third kappa shape index (κ3) is 3.51. The van der Waals surface area contributed by atoms with Crippen LogP contribution >= 0.6 is 0 Å². The highest BCUT2D eigenvalue weighted by molar-refractivity contribution is 5.89. The molecule has 5 nitrogen and oxygen atoms in total. The molecule has 0 radical (unpaired) electrons. The average molecular weight is 282 g/mol. The van der Waals surface area contributed by atoms with Crippen molar-refractivity contribution in [2.75, 3.05) is 26.2 Å². The molecule has 2 rings (SSSR count). The van der Waals surface area contributed by atoms with Gasteiger partial charge in [-0.25, -0.2) is 0 Å². The normalized spacial score (nSPS) is 30.9. The molecule has 3 atom stereocenters. The second-order valence-electron chi connectivity index (χ2n) is 6.09. The van der Waals surface area contributed by atoms with Gasteiger partial charge in [-0.15, -0.1) is 0 Å². The first kappa shape index (κ1) is 15.3. The van der Waals surface area contributed by atoms with E-state index in [1.54, 1.807) is 0 Å². The summed E-state index contributed by atoms with van der Waals surface area (Å²) in [5.74, 6) is 0.0994. The van der Waals surface area contributed by atoms with Gasteiger partial charge in [-0.05, 0) is 20.3 Å². The molecule has 0 saturated carbocycles. The van der Waals surface area contributed by atoms with Gasteiger partial charge in [0, 0.05) is 32.6 Å². The van der Waals surface area contributed by atoms with E-state index < -0.39 is 0 Å². The predicted octanol–water partition coefficient (Wildman–Crippen LogP) is 1.27. The van der Waals surface area contributed by atoms with Crippen molar-refractivity contribution in [2.45, 2.75) is 52.2 Å². The van der Waals surface area contributed by atoms with E-state index in [9.17, 15) is 9.59 Å². The van der Waals surface area contributed by atoms with E-state index in [0.29, 0.717) is 26.1 Å². The molecule has 0 aromatic heterocycles. The van der Waals surface area contributed by atoms with Gasteiger partial charge in [0.1, 0.15) is 0 Å². The second kappa shape index (κ2) is 6.57. The third-order valence-corrected chi connectivity index (χ3v) is 4.08. The van der Waals surface area contributed by atoms with E-state index in [1.807, 2.05) is 23.6 Å². The van der Waals surface area contributed by atoms with Crippen molar-refractivity contribution >= 4 is 11.8 Å². The molecule has 0 N–H and O–H groups in total. The first-order valence-corrected chi connectivity index (χ1v) is 7.73.